The largest absolute Gasteiger partial charge is 0.334 e. The van der Waals surface area contributed by atoms with E-state index in [1.54, 1.807) is 0 Å². The highest BCUT2D eigenvalue weighted by molar-refractivity contribution is 5.09. The Morgan fingerprint density at radius 3 is 2.91 bits per heavy atom. The SMILES string of the molecule is C=CCC(C)(C)c1nccn1C[C@@H]1CCCN2CCCC[C@H]12. The van der Waals surface area contributed by atoms with Gasteiger partial charge < -0.3 is 9.47 Å². The van der Waals surface area contributed by atoms with Crippen LogP contribution in [0.25, 0.3) is 0 Å². The minimum Gasteiger partial charge on any atom is -0.334 e. The quantitative estimate of drug-likeness (QED) is 0.766. The maximum Gasteiger partial charge on any atom is 0.114 e. The number of aromatic nitrogens is 2. The van der Waals surface area contributed by atoms with Crippen LogP contribution in [-0.4, -0.2) is 33.6 Å². The van der Waals surface area contributed by atoms with Gasteiger partial charge in [-0.1, -0.05) is 26.3 Å². The number of nitrogens with zero attached hydrogens (tertiary/aromatic N) is 3. The first-order valence-corrected chi connectivity index (χ1v) is 8.98. The van der Waals surface area contributed by atoms with Gasteiger partial charge in [0.2, 0.25) is 0 Å². The van der Waals surface area contributed by atoms with Gasteiger partial charge in [-0.25, -0.2) is 4.98 Å². The van der Waals surface area contributed by atoms with Gasteiger partial charge in [0.15, 0.2) is 0 Å². The lowest BCUT2D eigenvalue weighted by Crippen LogP contribution is -2.49. The fourth-order valence-electron chi connectivity index (χ4n) is 4.53. The molecule has 2 aliphatic rings. The maximum absolute atomic E-state index is 4.68. The standard InChI is InChI=1S/C19H31N3/c1-4-10-19(2,3)18-20-11-14-22(18)15-16-8-7-13-21-12-6-5-9-17(16)21/h4,11,14,16-17H,1,5-10,12-13,15H2,2-3H3/t16-,17+/m0/s1. The lowest BCUT2D eigenvalue weighted by atomic mass is 9.83. The van der Waals surface area contributed by atoms with Crippen LogP contribution in [0.4, 0.5) is 0 Å². The smallest absolute Gasteiger partial charge is 0.114 e. The number of fused-ring (bicyclic) bond motifs is 1. The highest BCUT2D eigenvalue weighted by Crippen LogP contribution is 2.33. The van der Waals surface area contributed by atoms with E-state index in [9.17, 15) is 0 Å². The summed E-state index contributed by atoms with van der Waals surface area (Å²) in [7, 11) is 0. The van der Waals surface area contributed by atoms with Gasteiger partial charge in [0.05, 0.1) is 0 Å². The van der Waals surface area contributed by atoms with Crippen LogP contribution < -0.4 is 0 Å². The summed E-state index contributed by atoms with van der Waals surface area (Å²) in [6.45, 7) is 12.2. The molecule has 3 heteroatoms. The summed E-state index contributed by atoms with van der Waals surface area (Å²) >= 11 is 0. The third-order valence-electron chi connectivity index (χ3n) is 5.64. The van der Waals surface area contributed by atoms with E-state index in [2.05, 4.69) is 41.1 Å². The zero-order chi connectivity index (χ0) is 15.6. The third-order valence-corrected chi connectivity index (χ3v) is 5.64. The van der Waals surface area contributed by atoms with Crippen LogP contribution in [0.5, 0.6) is 0 Å². The van der Waals surface area contributed by atoms with Crippen molar-refractivity contribution in [3.05, 3.63) is 30.9 Å². The summed E-state index contributed by atoms with van der Waals surface area (Å²) in [5.41, 5.74) is 0.0756. The predicted octanol–water partition coefficient (Wildman–Crippen LogP) is 4.00. The zero-order valence-electron chi connectivity index (χ0n) is 14.3. The van der Waals surface area contributed by atoms with Gasteiger partial charge in [-0.2, -0.15) is 0 Å². The van der Waals surface area contributed by atoms with E-state index in [-0.39, 0.29) is 5.41 Å². The Morgan fingerprint density at radius 1 is 1.27 bits per heavy atom. The fourth-order valence-corrected chi connectivity index (χ4v) is 4.53. The van der Waals surface area contributed by atoms with Crippen LogP contribution in [0.3, 0.4) is 0 Å². The van der Waals surface area contributed by atoms with Crippen LogP contribution in [0.2, 0.25) is 0 Å². The molecular formula is C19H31N3. The summed E-state index contributed by atoms with van der Waals surface area (Å²) < 4.78 is 2.42. The summed E-state index contributed by atoms with van der Waals surface area (Å²) in [6, 6.07) is 0.806. The highest BCUT2D eigenvalue weighted by atomic mass is 15.2. The third kappa shape index (κ3) is 3.15. The maximum atomic E-state index is 4.68. The fraction of sp³-hybridized carbons (Fsp3) is 0.737. The molecule has 22 heavy (non-hydrogen) atoms. The molecule has 0 bridgehead atoms. The first-order valence-electron chi connectivity index (χ1n) is 8.98. The number of rotatable bonds is 5. The number of hydrogen-bond acceptors (Lipinski definition) is 2. The van der Waals surface area contributed by atoms with Crippen LogP contribution in [0, 0.1) is 5.92 Å². The molecule has 122 valence electrons. The molecule has 3 nitrogen and oxygen atoms in total. The summed E-state index contributed by atoms with van der Waals surface area (Å²) in [5.74, 6) is 2.02. The summed E-state index contributed by atoms with van der Waals surface area (Å²) in [5, 5.41) is 0. The van der Waals surface area contributed by atoms with Crippen molar-refractivity contribution in [1.29, 1.82) is 0 Å². The second-order valence-electron chi connectivity index (χ2n) is 7.78. The molecule has 2 aliphatic heterocycles. The molecule has 0 N–H and O–H groups in total. The van der Waals surface area contributed by atoms with E-state index >= 15 is 0 Å². The van der Waals surface area contributed by atoms with Gasteiger partial charge in [0.25, 0.3) is 0 Å². The molecule has 2 saturated heterocycles. The molecule has 0 saturated carbocycles. The zero-order valence-corrected chi connectivity index (χ0v) is 14.3. The molecule has 0 unspecified atom stereocenters. The minimum absolute atomic E-state index is 0.0756. The van der Waals surface area contributed by atoms with Crippen molar-refractivity contribution in [1.82, 2.24) is 14.5 Å². The van der Waals surface area contributed by atoms with Gasteiger partial charge in [-0.3, -0.25) is 0 Å². The molecule has 0 radical (unpaired) electrons. The Labute approximate surface area is 135 Å². The summed E-state index contributed by atoms with van der Waals surface area (Å²) in [4.78, 5) is 7.43. The Bertz CT molecular complexity index is 501. The first kappa shape index (κ1) is 15.8. The van der Waals surface area contributed by atoms with Crippen LogP contribution >= 0.6 is 0 Å². The number of allylic oxidation sites excluding steroid dienone is 1. The van der Waals surface area contributed by atoms with Gasteiger partial charge in [-0.05, 0) is 51.1 Å². The molecule has 3 rings (SSSR count). The van der Waals surface area contributed by atoms with E-state index in [1.807, 2.05) is 12.3 Å². The van der Waals surface area contributed by atoms with Gasteiger partial charge >= 0.3 is 0 Å². The van der Waals surface area contributed by atoms with E-state index in [0.29, 0.717) is 0 Å². The van der Waals surface area contributed by atoms with Crippen molar-refractivity contribution in [2.24, 2.45) is 5.92 Å². The molecule has 1 aromatic rings. The Balaban J connectivity index is 1.75. The Hall–Kier alpha value is -1.09. The van der Waals surface area contributed by atoms with E-state index < -0.39 is 0 Å². The van der Waals surface area contributed by atoms with E-state index in [0.717, 1.165) is 24.9 Å². The van der Waals surface area contributed by atoms with Crippen LogP contribution in [0.1, 0.15) is 58.2 Å². The van der Waals surface area contributed by atoms with Gasteiger partial charge in [0, 0.05) is 30.4 Å². The van der Waals surface area contributed by atoms with E-state index in [1.165, 1.54) is 51.0 Å². The second-order valence-corrected chi connectivity index (χ2v) is 7.78. The van der Waals surface area contributed by atoms with E-state index in [4.69, 9.17) is 0 Å². The van der Waals surface area contributed by atoms with Crippen molar-refractivity contribution in [2.75, 3.05) is 13.1 Å². The van der Waals surface area contributed by atoms with Crippen molar-refractivity contribution in [2.45, 2.75) is 70.4 Å². The molecule has 1 aromatic heterocycles. The number of piperidine rings is 2. The Morgan fingerprint density at radius 2 is 2.09 bits per heavy atom. The van der Waals surface area contributed by atoms with Gasteiger partial charge in [0.1, 0.15) is 5.82 Å². The number of imidazole rings is 1. The molecule has 0 spiro atoms. The molecule has 2 fully saturated rings. The van der Waals surface area contributed by atoms with Crippen LogP contribution in [-0.2, 0) is 12.0 Å². The summed E-state index contributed by atoms with van der Waals surface area (Å²) in [6.07, 6.45) is 14.1. The van der Waals surface area contributed by atoms with Crippen molar-refractivity contribution in [3.63, 3.8) is 0 Å². The minimum atomic E-state index is 0.0756. The molecule has 0 aliphatic carbocycles. The molecular weight excluding hydrogens is 270 g/mol. The van der Waals surface area contributed by atoms with Crippen molar-refractivity contribution in [3.8, 4) is 0 Å². The lowest BCUT2D eigenvalue weighted by Gasteiger charge is -2.44. The average molecular weight is 301 g/mol. The topological polar surface area (TPSA) is 21.1 Å². The molecule has 2 atom stereocenters. The monoisotopic (exact) mass is 301 g/mol. The normalized spacial score (nSPS) is 26.6. The highest BCUT2D eigenvalue weighted by Gasteiger charge is 2.34. The van der Waals surface area contributed by atoms with Crippen molar-refractivity contribution >= 4 is 0 Å². The number of hydrogen-bond donors (Lipinski definition) is 0. The van der Waals surface area contributed by atoms with Gasteiger partial charge in [-0.15, -0.1) is 6.58 Å². The van der Waals surface area contributed by atoms with Crippen LogP contribution in [0.15, 0.2) is 25.0 Å². The average Bonchev–Trinajstić information content (AvgIpc) is 2.97. The van der Waals surface area contributed by atoms with Crippen molar-refractivity contribution < 1.29 is 0 Å². The first-order chi connectivity index (χ1) is 10.6. The molecule has 0 amide bonds. The lowest BCUT2D eigenvalue weighted by molar-refractivity contribution is 0.0512. The molecule has 3 heterocycles. The second kappa shape index (κ2) is 6.57. The Kier molecular flexibility index (Phi) is 4.72. The predicted molar refractivity (Wildman–Crippen MR) is 92.0 cm³/mol. The molecule has 0 aromatic carbocycles.